The Morgan fingerprint density at radius 2 is 0.960 bits per heavy atom. The molecule has 0 amide bonds. The molecule has 3 aromatic carbocycles. The Kier molecular flexibility index (Phi) is 6.03. The van der Waals surface area contributed by atoms with Gasteiger partial charge in [-0.2, -0.15) is 0 Å². The molecule has 0 radical (unpaired) electrons. The van der Waals surface area contributed by atoms with Crippen LogP contribution in [0.5, 0.6) is 0 Å². The summed E-state index contributed by atoms with van der Waals surface area (Å²) in [7, 11) is 0. The summed E-state index contributed by atoms with van der Waals surface area (Å²) < 4.78 is 0. The van der Waals surface area contributed by atoms with E-state index in [9.17, 15) is 0 Å². The van der Waals surface area contributed by atoms with Gasteiger partial charge in [0.25, 0.3) is 0 Å². The van der Waals surface area contributed by atoms with Crippen molar-refractivity contribution in [2.75, 3.05) is 0 Å². The average molecular weight is 329 g/mol. The summed E-state index contributed by atoms with van der Waals surface area (Å²) in [6, 6.07) is 26.3. The van der Waals surface area contributed by atoms with Crippen LogP contribution < -0.4 is 5.73 Å². The number of hydrogen-bond donors (Lipinski definition) is 1. The predicted octanol–water partition coefficient (Wildman–Crippen LogP) is 6.21. The highest BCUT2D eigenvalue weighted by atomic mass is 14.5. The van der Waals surface area contributed by atoms with Crippen molar-refractivity contribution in [1.29, 1.82) is 0 Å². The third kappa shape index (κ3) is 4.58. The van der Waals surface area contributed by atoms with Gasteiger partial charge in [0.2, 0.25) is 0 Å². The largest absolute Gasteiger partial charge is 0.326 e. The fourth-order valence-electron chi connectivity index (χ4n) is 3.13. The lowest BCUT2D eigenvalue weighted by atomic mass is 9.98. The molecule has 25 heavy (non-hydrogen) atoms. The quantitative estimate of drug-likeness (QED) is 0.512. The minimum absolute atomic E-state index is 0.591. The van der Waals surface area contributed by atoms with Crippen LogP contribution in [0.15, 0.2) is 72.8 Å². The standard InChI is InChI=1S/C24H27N/c1-2-3-4-5-19-6-10-21(11-7-19)23-14-16-24(17-15-23)22-12-8-20(18-25)9-13-22/h6-17H,2-5,18,25H2,1H3. The van der Waals surface area contributed by atoms with Gasteiger partial charge in [0.1, 0.15) is 0 Å². The molecule has 0 atom stereocenters. The molecule has 0 saturated carbocycles. The van der Waals surface area contributed by atoms with Crippen molar-refractivity contribution in [1.82, 2.24) is 0 Å². The minimum atomic E-state index is 0.591. The number of benzene rings is 3. The van der Waals surface area contributed by atoms with Crippen molar-refractivity contribution in [2.45, 2.75) is 39.2 Å². The summed E-state index contributed by atoms with van der Waals surface area (Å²) >= 11 is 0. The van der Waals surface area contributed by atoms with Crippen LogP contribution in [0.1, 0.15) is 37.3 Å². The predicted molar refractivity (Wildman–Crippen MR) is 108 cm³/mol. The van der Waals surface area contributed by atoms with Crippen LogP contribution in [-0.4, -0.2) is 0 Å². The smallest absolute Gasteiger partial charge is 0.0178 e. The zero-order valence-electron chi connectivity index (χ0n) is 15.0. The summed E-state index contributed by atoms with van der Waals surface area (Å²) in [4.78, 5) is 0. The van der Waals surface area contributed by atoms with Gasteiger partial charge in [-0.05, 0) is 46.2 Å². The van der Waals surface area contributed by atoms with Gasteiger partial charge >= 0.3 is 0 Å². The lowest BCUT2D eigenvalue weighted by Gasteiger charge is -2.07. The second kappa shape index (κ2) is 8.64. The van der Waals surface area contributed by atoms with Crippen molar-refractivity contribution >= 4 is 0 Å². The first-order chi connectivity index (χ1) is 12.3. The van der Waals surface area contributed by atoms with Crippen molar-refractivity contribution in [3.8, 4) is 22.3 Å². The molecule has 1 heteroatoms. The highest BCUT2D eigenvalue weighted by Crippen LogP contribution is 2.25. The van der Waals surface area contributed by atoms with Gasteiger partial charge < -0.3 is 5.73 Å². The van der Waals surface area contributed by atoms with Crippen LogP contribution in [-0.2, 0) is 13.0 Å². The van der Waals surface area contributed by atoms with Gasteiger partial charge in [-0.15, -0.1) is 0 Å². The zero-order valence-corrected chi connectivity index (χ0v) is 15.0. The van der Waals surface area contributed by atoms with Gasteiger partial charge in [-0.3, -0.25) is 0 Å². The van der Waals surface area contributed by atoms with Gasteiger partial charge in [0.05, 0.1) is 0 Å². The third-order valence-corrected chi connectivity index (χ3v) is 4.76. The Morgan fingerprint density at radius 1 is 0.560 bits per heavy atom. The van der Waals surface area contributed by atoms with Crippen molar-refractivity contribution in [2.24, 2.45) is 5.73 Å². The van der Waals surface area contributed by atoms with E-state index in [1.807, 2.05) is 0 Å². The van der Waals surface area contributed by atoms with E-state index >= 15 is 0 Å². The molecule has 2 N–H and O–H groups in total. The maximum atomic E-state index is 5.67. The normalized spacial score (nSPS) is 10.8. The molecule has 0 spiro atoms. The molecule has 128 valence electrons. The second-order valence-electron chi connectivity index (χ2n) is 6.63. The summed E-state index contributed by atoms with van der Waals surface area (Å²) in [5.74, 6) is 0. The minimum Gasteiger partial charge on any atom is -0.326 e. The van der Waals surface area contributed by atoms with Gasteiger partial charge in [0, 0.05) is 6.54 Å². The number of rotatable bonds is 7. The van der Waals surface area contributed by atoms with E-state index in [-0.39, 0.29) is 0 Å². The number of unbranched alkanes of at least 4 members (excludes halogenated alkanes) is 2. The number of aryl methyl sites for hydroxylation is 1. The molecular weight excluding hydrogens is 302 g/mol. The van der Waals surface area contributed by atoms with E-state index in [4.69, 9.17) is 5.73 Å². The molecule has 3 aromatic rings. The van der Waals surface area contributed by atoms with Crippen LogP contribution in [0.2, 0.25) is 0 Å². The second-order valence-corrected chi connectivity index (χ2v) is 6.63. The molecular formula is C24H27N. The van der Waals surface area contributed by atoms with E-state index in [1.165, 1.54) is 59.1 Å². The first-order valence-corrected chi connectivity index (χ1v) is 9.29. The van der Waals surface area contributed by atoms with Crippen molar-refractivity contribution in [3.63, 3.8) is 0 Å². The van der Waals surface area contributed by atoms with Gasteiger partial charge in [0.15, 0.2) is 0 Å². The summed E-state index contributed by atoms with van der Waals surface area (Å²) in [6.45, 7) is 2.84. The lowest BCUT2D eigenvalue weighted by molar-refractivity contribution is 0.717. The van der Waals surface area contributed by atoms with Crippen LogP contribution in [0.3, 0.4) is 0 Å². The fourth-order valence-corrected chi connectivity index (χ4v) is 3.13. The fraction of sp³-hybridized carbons (Fsp3) is 0.250. The first-order valence-electron chi connectivity index (χ1n) is 9.29. The van der Waals surface area contributed by atoms with Crippen LogP contribution in [0, 0.1) is 0 Å². The maximum absolute atomic E-state index is 5.67. The number of hydrogen-bond acceptors (Lipinski definition) is 1. The Morgan fingerprint density at radius 3 is 1.36 bits per heavy atom. The summed E-state index contributed by atoms with van der Waals surface area (Å²) in [5.41, 5.74) is 13.3. The molecule has 0 fully saturated rings. The molecule has 3 rings (SSSR count). The molecule has 0 aliphatic carbocycles. The Labute approximate surface area is 151 Å². The Bertz CT molecular complexity index is 768. The maximum Gasteiger partial charge on any atom is 0.0178 e. The third-order valence-electron chi connectivity index (χ3n) is 4.76. The van der Waals surface area contributed by atoms with Crippen molar-refractivity contribution < 1.29 is 0 Å². The highest BCUT2D eigenvalue weighted by Gasteiger charge is 2.01. The average Bonchev–Trinajstić information content (AvgIpc) is 2.69. The van der Waals surface area contributed by atoms with E-state index in [0.29, 0.717) is 6.54 Å². The van der Waals surface area contributed by atoms with Gasteiger partial charge in [-0.1, -0.05) is 92.6 Å². The van der Waals surface area contributed by atoms with Crippen LogP contribution in [0.4, 0.5) is 0 Å². The highest BCUT2D eigenvalue weighted by molar-refractivity contribution is 5.70. The topological polar surface area (TPSA) is 26.0 Å². The van der Waals surface area contributed by atoms with Gasteiger partial charge in [-0.25, -0.2) is 0 Å². The molecule has 0 bridgehead atoms. The summed E-state index contributed by atoms with van der Waals surface area (Å²) in [5, 5.41) is 0. The van der Waals surface area contributed by atoms with E-state index in [2.05, 4.69) is 79.7 Å². The molecule has 0 aliphatic heterocycles. The molecule has 0 aromatic heterocycles. The Balaban J connectivity index is 1.71. The molecule has 0 saturated heterocycles. The van der Waals surface area contributed by atoms with E-state index in [1.54, 1.807) is 0 Å². The molecule has 0 heterocycles. The zero-order chi connectivity index (χ0) is 17.5. The summed E-state index contributed by atoms with van der Waals surface area (Å²) in [6.07, 6.45) is 5.06. The molecule has 0 aliphatic rings. The van der Waals surface area contributed by atoms with Crippen LogP contribution in [0.25, 0.3) is 22.3 Å². The monoisotopic (exact) mass is 329 g/mol. The van der Waals surface area contributed by atoms with E-state index in [0.717, 1.165) is 0 Å². The lowest BCUT2D eigenvalue weighted by Crippen LogP contribution is -1.95. The van der Waals surface area contributed by atoms with E-state index < -0.39 is 0 Å². The molecule has 1 nitrogen and oxygen atoms in total. The van der Waals surface area contributed by atoms with Crippen molar-refractivity contribution in [3.05, 3.63) is 83.9 Å². The van der Waals surface area contributed by atoms with Crippen LogP contribution >= 0.6 is 0 Å². The SMILES string of the molecule is CCCCCc1ccc(-c2ccc(-c3ccc(CN)cc3)cc2)cc1. The Hall–Kier alpha value is -2.38. The molecule has 0 unspecified atom stereocenters. The first kappa shape index (κ1) is 17.4. The number of nitrogens with two attached hydrogens (primary N) is 1.